The summed E-state index contributed by atoms with van der Waals surface area (Å²) in [6, 6.07) is 2.10. The van der Waals surface area contributed by atoms with E-state index in [-0.39, 0.29) is 18.1 Å². The average Bonchev–Trinajstić information content (AvgIpc) is 3.26. The number of amides is 1. The van der Waals surface area contributed by atoms with Gasteiger partial charge < -0.3 is 9.47 Å². The van der Waals surface area contributed by atoms with Crippen LogP contribution in [0.1, 0.15) is 30.7 Å². The van der Waals surface area contributed by atoms with Gasteiger partial charge in [-0.15, -0.1) is 11.3 Å². The van der Waals surface area contributed by atoms with Gasteiger partial charge in [-0.05, 0) is 55.3 Å². The van der Waals surface area contributed by atoms with Crippen molar-refractivity contribution in [3.05, 3.63) is 56.9 Å². The first-order valence-electron chi connectivity index (χ1n) is 8.95. The standard InChI is InChI=1S/C20H24N2O3S2/c1-13(2)25-18-9-16(19(23)22-20-21-11-14(3)27-20)8-17(10-18)24-6-4-15-5-7-26-12-15/h5,7-9,11-13,18H,4,6,10H2,1-3H3,(H,21,22,23). The lowest BCUT2D eigenvalue weighted by molar-refractivity contribution is -0.112. The lowest BCUT2D eigenvalue weighted by atomic mass is 10.0. The first kappa shape index (κ1) is 19.8. The van der Waals surface area contributed by atoms with Crippen molar-refractivity contribution in [3.8, 4) is 0 Å². The van der Waals surface area contributed by atoms with E-state index >= 15 is 0 Å². The summed E-state index contributed by atoms with van der Waals surface area (Å²) in [5.41, 5.74) is 1.81. The first-order valence-corrected chi connectivity index (χ1v) is 10.7. The van der Waals surface area contributed by atoms with Crippen LogP contribution in [-0.4, -0.2) is 29.7 Å². The highest BCUT2D eigenvalue weighted by molar-refractivity contribution is 7.15. The van der Waals surface area contributed by atoms with Crippen LogP contribution in [0.25, 0.3) is 0 Å². The minimum Gasteiger partial charge on any atom is -0.497 e. The normalized spacial score (nSPS) is 16.8. The molecule has 27 heavy (non-hydrogen) atoms. The molecule has 0 radical (unpaired) electrons. The number of ether oxygens (including phenoxy) is 2. The molecule has 0 bridgehead atoms. The Kier molecular flexibility index (Phi) is 6.82. The molecule has 0 saturated heterocycles. The highest BCUT2D eigenvalue weighted by Crippen LogP contribution is 2.24. The first-order chi connectivity index (χ1) is 13.0. The zero-order valence-electron chi connectivity index (χ0n) is 15.7. The number of thiazole rings is 1. The van der Waals surface area contributed by atoms with E-state index in [1.807, 2.05) is 32.9 Å². The number of hydrogen-bond acceptors (Lipinski definition) is 6. The Morgan fingerprint density at radius 3 is 2.96 bits per heavy atom. The Balaban J connectivity index is 1.66. The molecule has 7 heteroatoms. The van der Waals surface area contributed by atoms with Gasteiger partial charge in [0, 0.05) is 29.5 Å². The summed E-state index contributed by atoms with van der Waals surface area (Å²) in [5, 5.41) is 7.63. The number of carbonyl (C=O) groups is 1. The molecule has 1 aliphatic carbocycles. The molecule has 144 valence electrons. The molecule has 0 saturated carbocycles. The van der Waals surface area contributed by atoms with Crippen LogP contribution in [0.4, 0.5) is 5.13 Å². The smallest absolute Gasteiger partial charge is 0.257 e. The summed E-state index contributed by atoms with van der Waals surface area (Å²) in [7, 11) is 0. The molecule has 1 aliphatic rings. The summed E-state index contributed by atoms with van der Waals surface area (Å²) < 4.78 is 11.9. The third kappa shape index (κ3) is 6.02. The van der Waals surface area contributed by atoms with Gasteiger partial charge in [-0.3, -0.25) is 10.1 Å². The maximum Gasteiger partial charge on any atom is 0.257 e. The number of anilines is 1. The maximum atomic E-state index is 12.6. The predicted octanol–water partition coefficient (Wildman–Crippen LogP) is 4.72. The fourth-order valence-electron chi connectivity index (χ4n) is 2.73. The molecule has 2 aromatic heterocycles. The van der Waals surface area contributed by atoms with Gasteiger partial charge >= 0.3 is 0 Å². The number of carbonyl (C=O) groups excluding carboxylic acids is 1. The van der Waals surface area contributed by atoms with Crippen molar-refractivity contribution in [2.75, 3.05) is 11.9 Å². The van der Waals surface area contributed by atoms with Crippen molar-refractivity contribution < 1.29 is 14.3 Å². The van der Waals surface area contributed by atoms with Gasteiger partial charge in [0.05, 0.1) is 24.6 Å². The fraction of sp³-hybridized carbons (Fsp3) is 0.400. The molecule has 0 aliphatic heterocycles. The molecule has 1 atom stereocenters. The highest BCUT2D eigenvalue weighted by atomic mass is 32.1. The van der Waals surface area contributed by atoms with Crippen LogP contribution in [0.2, 0.25) is 0 Å². The highest BCUT2D eigenvalue weighted by Gasteiger charge is 2.22. The monoisotopic (exact) mass is 404 g/mol. The van der Waals surface area contributed by atoms with Gasteiger partial charge in [-0.1, -0.05) is 0 Å². The van der Waals surface area contributed by atoms with Crippen molar-refractivity contribution in [2.45, 2.75) is 45.8 Å². The largest absolute Gasteiger partial charge is 0.497 e. The van der Waals surface area contributed by atoms with Gasteiger partial charge in [0.2, 0.25) is 0 Å². The van der Waals surface area contributed by atoms with Crippen molar-refractivity contribution in [1.82, 2.24) is 4.98 Å². The minimum absolute atomic E-state index is 0.0716. The van der Waals surface area contributed by atoms with Crippen LogP contribution in [-0.2, 0) is 20.7 Å². The molecule has 0 fully saturated rings. The second kappa shape index (κ2) is 9.30. The second-order valence-corrected chi connectivity index (χ2v) is 8.64. The Morgan fingerprint density at radius 2 is 2.30 bits per heavy atom. The van der Waals surface area contributed by atoms with Crippen molar-refractivity contribution >= 4 is 33.7 Å². The predicted molar refractivity (Wildman–Crippen MR) is 110 cm³/mol. The summed E-state index contributed by atoms with van der Waals surface area (Å²) in [5.74, 6) is 0.583. The Bertz CT molecular complexity index is 822. The van der Waals surface area contributed by atoms with Crippen LogP contribution in [0.5, 0.6) is 0 Å². The number of aryl methyl sites for hydroxylation is 1. The molecule has 2 aromatic rings. The molecular formula is C20H24N2O3S2. The van der Waals surface area contributed by atoms with Crippen LogP contribution >= 0.6 is 22.7 Å². The van der Waals surface area contributed by atoms with Crippen molar-refractivity contribution in [2.24, 2.45) is 0 Å². The molecule has 3 rings (SSSR count). The SMILES string of the molecule is Cc1cnc(NC(=O)C2=CC(OC(C)C)CC(OCCc3ccsc3)=C2)s1. The number of hydrogen-bond donors (Lipinski definition) is 1. The zero-order valence-corrected chi connectivity index (χ0v) is 17.4. The molecule has 1 amide bonds. The summed E-state index contributed by atoms with van der Waals surface area (Å²) in [6.07, 6.45) is 6.79. The van der Waals surface area contributed by atoms with Gasteiger partial charge in [0.25, 0.3) is 5.91 Å². The third-order valence-corrected chi connectivity index (χ3v) is 5.45. The van der Waals surface area contributed by atoms with Gasteiger partial charge in [-0.2, -0.15) is 11.3 Å². The van der Waals surface area contributed by atoms with E-state index in [9.17, 15) is 4.79 Å². The number of rotatable bonds is 8. The van der Waals surface area contributed by atoms with E-state index < -0.39 is 0 Å². The third-order valence-electron chi connectivity index (χ3n) is 3.89. The van der Waals surface area contributed by atoms with E-state index in [2.05, 4.69) is 27.1 Å². The van der Waals surface area contributed by atoms with Gasteiger partial charge in [-0.25, -0.2) is 4.98 Å². The molecular weight excluding hydrogens is 380 g/mol. The van der Waals surface area contributed by atoms with Crippen LogP contribution in [0, 0.1) is 6.92 Å². The Morgan fingerprint density at radius 1 is 1.44 bits per heavy atom. The summed E-state index contributed by atoms with van der Waals surface area (Å²) >= 11 is 3.13. The van der Waals surface area contributed by atoms with Crippen LogP contribution in [0.15, 0.2) is 46.5 Å². The Labute approximate surface area is 167 Å². The van der Waals surface area contributed by atoms with E-state index in [0.717, 1.165) is 17.1 Å². The quantitative estimate of drug-likeness (QED) is 0.692. The van der Waals surface area contributed by atoms with Gasteiger partial charge in [0.15, 0.2) is 5.13 Å². The minimum atomic E-state index is -0.194. The maximum absolute atomic E-state index is 12.6. The Hall–Kier alpha value is -1.96. The molecule has 1 N–H and O–H groups in total. The summed E-state index contributed by atoms with van der Waals surface area (Å²) in [6.45, 7) is 6.51. The lowest BCUT2D eigenvalue weighted by Gasteiger charge is -2.24. The van der Waals surface area contributed by atoms with E-state index in [1.165, 1.54) is 16.9 Å². The molecule has 1 unspecified atom stereocenters. The van der Waals surface area contributed by atoms with Crippen LogP contribution < -0.4 is 5.32 Å². The van der Waals surface area contributed by atoms with E-state index in [4.69, 9.17) is 9.47 Å². The van der Waals surface area contributed by atoms with Gasteiger partial charge in [0.1, 0.15) is 0 Å². The van der Waals surface area contributed by atoms with Crippen molar-refractivity contribution in [3.63, 3.8) is 0 Å². The fourth-order valence-corrected chi connectivity index (χ4v) is 4.10. The van der Waals surface area contributed by atoms with E-state index in [0.29, 0.717) is 23.7 Å². The second-order valence-electron chi connectivity index (χ2n) is 6.62. The molecule has 2 heterocycles. The van der Waals surface area contributed by atoms with E-state index in [1.54, 1.807) is 17.5 Å². The topological polar surface area (TPSA) is 60.5 Å². The number of nitrogens with one attached hydrogen (secondary N) is 1. The summed E-state index contributed by atoms with van der Waals surface area (Å²) in [4.78, 5) is 17.9. The lowest BCUT2D eigenvalue weighted by Crippen LogP contribution is -2.24. The number of nitrogens with zero attached hydrogens (tertiary/aromatic N) is 1. The average molecular weight is 405 g/mol. The zero-order chi connectivity index (χ0) is 19.2. The molecule has 0 spiro atoms. The van der Waals surface area contributed by atoms with Crippen LogP contribution in [0.3, 0.4) is 0 Å². The van der Waals surface area contributed by atoms with Crippen molar-refractivity contribution in [1.29, 1.82) is 0 Å². The number of aromatic nitrogens is 1. The number of thiophene rings is 1. The molecule has 5 nitrogen and oxygen atoms in total. The molecule has 0 aromatic carbocycles.